The molecule has 1 unspecified atom stereocenters. The van der Waals surface area contributed by atoms with Crippen LogP contribution < -0.4 is 0 Å². The molecule has 1 amide bonds. The average molecular weight is 297 g/mol. The fraction of sp³-hybridized carbons (Fsp3) is 0.615. The van der Waals surface area contributed by atoms with Gasteiger partial charge in [0.2, 0.25) is 5.91 Å². The Balaban J connectivity index is 2.12. The number of carboxylic acids is 1. The lowest BCUT2D eigenvalue weighted by atomic mass is 10.0. The molecular weight excluding hydrogens is 278 g/mol. The highest BCUT2D eigenvalue weighted by Gasteiger charge is 2.36. The number of carbonyl (C=O) groups excluding carboxylic acids is 1. The van der Waals surface area contributed by atoms with Gasteiger partial charge >= 0.3 is 5.97 Å². The second-order valence-corrected chi connectivity index (χ2v) is 7.61. The maximum absolute atomic E-state index is 12.3. The van der Waals surface area contributed by atoms with Crippen LogP contribution in [0.3, 0.4) is 0 Å². The first-order chi connectivity index (χ1) is 9.28. The number of carboxylic acid groups (broad SMARTS) is 1. The first-order valence-electron chi connectivity index (χ1n) is 6.45. The first kappa shape index (κ1) is 14.9. The molecule has 20 heavy (non-hydrogen) atoms. The Kier molecular flexibility index (Phi) is 4.08. The molecule has 0 spiro atoms. The lowest BCUT2D eigenvalue weighted by Gasteiger charge is -2.33. The summed E-state index contributed by atoms with van der Waals surface area (Å²) >= 11 is 1.52. The number of fused-ring (bicyclic) bond motifs is 1. The SMILES string of the molecule is CC(C)(C)SCC(=O)N1Cc2[nH]cnc2CC1C(=O)O. The van der Waals surface area contributed by atoms with Gasteiger partial charge in [-0.25, -0.2) is 9.78 Å². The van der Waals surface area contributed by atoms with E-state index >= 15 is 0 Å². The second kappa shape index (κ2) is 5.47. The number of amides is 1. The fourth-order valence-corrected chi connectivity index (χ4v) is 2.80. The molecule has 7 heteroatoms. The van der Waals surface area contributed by atoms with Gasteiger partial charge in [-0.2, -0.15) is 0 Å². The zero-order valence-corrected chi connectivity index (χ0v) is 12.7. The minimum atomic E-state index is -0.979. The van der Waals surface area contributed by atoms with Crippen molar-refractivity contribution in [1.82, 2.24) is 14.9 Å². The lowest BCUT2D eigenvalue weighted by Crippen LogP contribution is -2.49. The topological polar surface area (TPSA) is 86.3 Å². The molecule has 0 saturated carbocycles. The summed E-state index contributed by atoms with van der Waals surface area (Å²) in [6.07, 6.45) is 1.81. The van der Waals surface area contributed by atoms with Crippen molar-refractivity contribution in [3.8, 4) is 0 Å². The Labute approximate surface area is 122 Å². The Morgan fingerprint density at radius 1 is 1.55 bits per heavy atom. The van der Waals surface area contributed by atoms with Gasteiger partial charge in [0.25, 0.3) is 0 Å². The van der Waals surface area contributed by atoms with Crippen LogP contribution in [-0.2, 0) is 22.6 Å². The molecule has 110 valence electrons. The van der Waals surface area contributed by atoms with Gasteiger partial charge in [-0.05, 0) is 0 Å². The second-order valence-electron chi connectivity index (χ2n) is 5.81. The molecule has 1 atom stereocenters. The summed E-state index contributed by atoms with van der Waals surface area (Å²) in [6.45, 7) is 6.38. The number of aromatic nitrogens is 2. The monoisotopic (exact) mass is 297 g/mol. The Morgan fingerprint density at radius 3 is 2.85 bits per heavy atom. The summed E-state index contributed by atoms with van der Waals surface area (Å²) in [5.74, 6) is -0.832. The van der Waals surface area contributed by atoms with Crippen molar-refractivity contribution in [1.29, 1.82) is 0 Å². The van der Waals surface area contributed by atoms with Crippen LogP contribution in [0.4, 0.5) is 0 Å². The van der Waals surface area contributed by atoms with Crippen LogP contribution in [-0.4, -0.2) is 48.4 Å². The highest BCUT2D eigenvalue weighted by atomic mass is 32.2. The van der Waals surface area contributed by atoms with Crippen LogP contribution in [0.2, 0.25) is 0 Å². The number of carbonyl (C=O) groups is 2. The minimum Gasteiger partial charge on any atom is -0.480 e. The Morgan fingerprint density at radius 2 is 2.25 bits per heavy atom. The third-order valence-electron chi connectivity index (χ3n) is 3.13. The molecule has 2 heterocycles. The van der Waals surface area contributed by atoms with Crippen molar-refractivity contribution in [3.05, 3.63) is 17.7 Å². The third-order valence-corrected chi connectivity index (χ3v) is 4.39. The van der Waals surface area contributed by atoms with Gasteiger partial charge in [0.1, 0.15) is 6.04 Å². The predicted molar refractivity (Wildman–Crippen MR) is 76.5 cm³/mol. The summed E-state index contributed by atoms with van der Waals surface area (Å²) in [7, 11) is 0. The Bertz CT molecular complexity index is 521. The summed E-state index contributed by atoms with van der Waals surface area (Å²) in [6, 6.07) is -0.820. The molecule has 0 aliphatic carbocycles. The van der Waals surface area contributed by atoms with Gasteiger partial charge in [-0.1, -0.05) is 20.8 Å². The number of hydrogen-bond acceptors (Lipinski definition) is 4. The zero-order chi connectivity index (χ0) is 14.9. The van der Waals surface area contributed by atoms with E-state index in [1.807, 2.05) is 20.8 Å². The molecule has 0 aromatic carbocycles. The molecule has 1 aliphatic heterocycles. The number of rotatable bonds is 3. The van der Waals surface area contributed by atoms with Crippen LogP contribution in [0, 0.1) is 0 Å². The van der Waals surface area contributed by atoms with E-state index in [-0.39, 0.29) is 29.4 Å². The molecule has 2 rings (SSSR count). The zero-order valence-electron chi connectivity index (χ0n) is 11.8. The van der Waals surface area contributed by atoms with Crippen LogP contribution in [0.15, 0.2) is 6.33 Å². The van der Waals surface area contributed by atoms with Crippen molar-refractivity contribution >= 4 is 23.6 Å². The maximum atomic E-state index is 12.3. The van der Waals surface area contributed by atoms with E-state index < -0.39 is 12.0 Å². The highest BCUT2D eigenvalue weighted by molar-refractivity contribution is 8.01. The van der Waals surface area contributed by atoms with E-state index in [1.54, 1.807) is 6.33 Å². The van der Waals surface area contributed by atoms with Gasteiger partial charge in [0.05, 0.1) is 30.0 Å². The van der Waals surface area contributed by atoms with Crippen molar-refractivity contribution < 1.29 is 14.7 Å². The lowest BCUT2D eigenvalue weighted by molar-refractivity contribution is -0.150. The van der Waals surface area contributed by atoms with Gasteiger partial charge in [-0.3, -0.25) is 4.79 Å². The fourth-order valence-electron chi connectivity index (χ4n) is 2.08. The van der Waals surface area contributed by atoms with Crippen molar-refractivity contribution in [2.24, 2.45) is 0 Å². The molecule has 0 radical (unpaired) electrons. The van der Waals surface area contributed by atoms with Crippen LogP contribution in [0.25, 0.3) is 0 Å². The number of aliphatic carboxylic acids is 1. The quantitative estimate of drug-likeness (QED) is 0.877. The number of aromatic amines is 1. The van der Waals surface area contributed by atoms with Crippen molar-refractivity contribution in [3.63, 3.8) is 0 Å². The van der Waals surface area contributed by atoms with Crippen LogP contribution in [0.1, 0.15) is 32.2 Å². The molecular formula is C13H19N3O3S. The summed E-state index contributed by atoms with van der Waals surface area (Å²) in [5.41, 5.74) is 1.57. The van der Waals surface area contributed by atoms with E-state index in [4.69, 9.17) is 0 Å². The Hall–Kier alpha value is -1.50. The molecule has 0 saturated heterocycles. The highest BCUT2D eigenvalue weighted by Crippen LogP contribution is 2.26. The summed E-state index contributed by atoms with van der Waals surface area (Å²) in [5, 5.41) is 9.31. The maximum Gasteiger partial charge on any atom is 0.326 e. The molecule has 0 bridgehead atoms. The summed E-state index contributed by atoms with van der Waals surface area (Å²) < 4.78 is -0.0245. The van der Waals surface area contributed by atoms with E-state index in [0.29, 0.717) is 0 Å². The van der Waals surface area contributed by atoms with E-state index in [1.165, 1.54) is 16.7 Å². The number of imidazole rings is 1. The van der Waals surface area contributed by atoms with Crippen molar-refractivity contribution in [2.75, 3.05) is 5.75 Å². The van der Waals surface area contributed by atoms with Gasteiger partial charge in [-0.15, -0.1) is 11.8 Å². The van der Waals surface area contributed by atoms with Gasteiger partial charge < -0.3 is 15.0 Å². The molecule has 1 aromatic heterocycles. The summed E-state index contributed by atoms with van der Waals surface area (Å²) in [4.78, 5) is 32.2. The normalized spacial score (nSPS) is 18.8. The standard InChI is InChI=1S/C13H19N3O3S/c1-13(2,3)20-6-11(17)16-5-9-8(14-7-15-9)4-10(16)12(18)19/h7,10H,4-6H2,1-3H3,(H,14,15)(H,18,19). The average Bonchev–Trinajstić information content (AvgIpc) is 2.80. The van der Waals surface area contributed by atoms with Crippen LogP contribution in [0.5, 0.6) is 0 Å². The van der Waals surface area contributed by atoms with Gasteiger partial charge in [0, 0.05) is 11.2 Å². The number of nitrogens with zero attached hydrogens (tertiary/aromatic N) is 2. The van der Waals surface area contributed by atoms with E-state index in [2.05, 4.69) is 9.97 Å². The van der Waals surface area contributed by atoms with Crippen LogP contribution >= 0.6 is 11.8 Å². The number of hydrogen-bond donors (Lipinski definition) is 2. The van der Waals surface area contributed by atoms with Gasteiger partial charge in [0.15, 0.2) is 0 Å². The molecule has 1 aromatic rings. The third kappa shape index (κ3) is 3.33. The first-order valence-corrected chi connectivity index (χ1v) is 7.44. The molecule has 0 fully saturated rings. The smallest absolute Gasteiger partial charge is 0.326 e. The van der Waals surface area contributed by atoms with E-state index in [0.717, 1.165) is 11.4 Å². The minimum absolute atomic E-state index is 0.0245. The molecule has 1 aliphatic rings. The predicted octanol–water partition coefficient (Wildman–Crippen LogP) is 1.28. The number of thioether (sulfide) groups is 1. The molecule has 2 N–H and O–H groups in total. The van der Waals surface area contributed by atoms with E-state index in [9.17, 15) is 14.7 Å². The van der Waals surface area contributed by atoms with Crippen molar-refractivity contribution in [2.45, 2.75) is 44.5 Å². The molecule has 6 nitrogen and oxygen atoms in total. The number of nitrogens with one attached hydrogen (secondary N) is 1. The number of H-pyrrole nitrogens is 1. The largest absolute Gasteiger partial charge is 0.480 e.